The maximum atomic E-state index is 12.1. The summed E-state index contributed by atoms with van der Waals surface area (Å²) in [5, 5.41) is 2.61. The Bertz CT molecular complexity index is 854. The first-order chi connectivity index (χ1) is 12.9. The maximum Gasteiger partial charge on any atom is 0.262 e. The number of nitrogens with one attached hydrogen (secondary N) is 2. The highest BCUT2D eigenvalue weighted by Gasteiger charge is 2.14. The summed E-state index contributed by atoms with van der Waals surface area (Å²) in [4.78, 5) is 12.1. The topological polar surface area (TPSA) is 120 Å². The van der Waals surface area contributed by atoms with Gasteiger partial charge in [-0.3, -0.25) is 4.79 Å². The number of amides is 1. The molecule has 0 unspecified atom stereocenters. The van der Waals surface area contributed by atoms with Crippen LogP contribution in [0.2, 0.25) is 0 Å². The maximum absolute atomic E-state index is 12.1. The van der Waals surface area contributed by atoms with Crippen molar-refractivity contribution in [2.75, 3.05) is 31.6 Å². The van der Waals surface area contributed by atoms with E-state index in [2.05, 4.69) is 10.0 Å². The minimum atomic E-state index is -3.67. The lowest BCUT2D eigenvalue weighted by molar-refractivity contribution is -0.118. The molecule has 0 spiro atoms. The molecule has 0 heterocycles. The number of nitrogens with two attached hydrogens (primary N) is 1. The molecule has 2 aromatic carbocycles. The summed E-state index contributed by atoms with van der Waals surface area (Å²) >= 11 is 0. The van der Waals surface area contributed by atoms with Gasteiger partial charge in [0, 0.05) is 18.8 Å². The average Bonchev–Trinajstić information content (AvgIpc) is 2.66. The van der Waals surface area contributed by atoms with Crippen molar-refractivity contribution in [3.8, 4) is 11.5 Å². The van der Waals surface area contributed by atoms with Gasteiger partial charge in [-0.05, 0) is 49.4 Å². The second-order valence-corrected chi connectivity index (χ2v) is 7.22. The van der Waals surface area contributed by atoms with Crippen LogP contribution in [-0.4, -0.2) is 40.6 Å². The molecule has 0 saturated heterocycles. The highest BCUT2D eigenvalue weighted by molar-refractivity contribution is 7.89. The second kappa shape index (κ2) is 9.91. The van der Waals surface area contributed by atoms with Crippen molar-refractivity contribution in [3.63, 3.8) is 0 Å². The molecule has 0 aliphatic rings. The van der Waals surface area contributed by atoms with Crippen molar-refractivity contribution in [2.45, 2.75) is 11.8 Å². The van der Waals surface area contributed by atoms with Crippen molar-refractivity contribution >= 4 is 21.6 Å². The smallest absolute Gasteiger partial charge is 0.262 e. The van der Waals surface area contributed by atoms with Gasteiger partial charge in [-0.1, -0.05) is 6.07 Å². The Balaban J connectivity index is 1.92. The Morgan fingerprint density at radius 3 is 2.37 bits per heavy atom. The Labute approximate surface area is 158 Å². The van der Waals surface area contributed by atoms with Crippen LogP contribution in [0.25, 0.3) is 0 Å². The van der Waals surface area contributed by atoms with Crippen molar-refractivity contribution in [1.82, 2.24) is 4.72 Å². The van der Waals surface area contributed by atoms with Gasteiger partial charge in [0.1, 0.15) is 11.5 Å². The minimum Gasteiger partial charge on any atom is -0.494 e. The lowest BCUT2D eigenvalue weighted by Gasteiger charge is -2.10. The van der Waals surface area contributed by atoms with Crippen LogP contribution in [0, 0.1) is 0 Å². The van der Waals surface area contributed by atoms with E-state index >= 15 is 0 Å². The van der Waals surface area contributed by atoms with Gasteiger partial charge >= 0.3 is 0 Å². The normalized spacial score (nSPS) is 11.0. The first kappa shape index (κ1) is 20.7. The summed E-state index contributed by atoms with van der Waals surface area (Å²) in [5.74, 6) is 0.833. The third-order valence-corrected chi connectivity index (χ3v) is 4.83. The number of carbonyl (C=O) groups is 1. The lowest BCUT2D eigenvalue weighted by atomic mass is 10.3. The van der Waals surface area contributed by atoms with Crippen LogP contribution in [0.15, 0.2) is 53.4 Å². The fraction of sp³-hybridized carbons (Fsp3) is 0.278. The van der Waals surface area contributed by atoms with Crippen LogP contribution < -0.4 is 25.2 Å². The van der Waals surface area contributed by atoms with Gasteiger partial charge in [-0.15, -0.1) is 0 Å². The van der Waals surface area contributed by atoms with E-state index in [0.717, 1.165) is 5.75 Å². The molecule has 0 radical (unpaired) electrons. The van der Waals surface area contributed by atoms with Crippen LogP contribution in [0.1, 0.15) is 6.92 Å². The number of carbonyl (C=O) groups excluding carboxylic acids is 1. The van der Waals surface area contributed by atoms with E-state index in [-0.39, 0.29) is 24.6 Å². The van der Waals surface area contributed by atoms with Gasteiger partial charge in [0.05, 0.1) is 11.5 Å². The second-order valence-electron chi connectivity index (χ2n) is 5.46. The molecule has 0 bridgehead atoms. The fourth-order valence-electron chi connectivity index (χ4n) is 2.16. The predicted molar refractivity (Wildman–Crippen MR) is 102 cm³/mol. The number of hydrogen-bond acceptors (Lipinski definition) is 6. The average molecular weight is 393 g/mol. The minimum absolute atomic E-state index is 0.0428. The molecule has 2 aromatic rings. The zero-order valence-electron chi connectivity index (χ0n) is 15.0. The summed E-state index contributed by atoms with van der Waals surface area (Å²) in [5.41, 5.74) is 5.66. The van der Waals surface area contributed by atoms with Crippen LogP contribution >= 0.6 is 0 Å². The SMILES string of the molecule is CCOc1ccc(OCC(=O)Nc2cccc(S(=O)(=O)NCCN)c2)cc1. The molecule has 4 N–H and O–H groups in total. The molecule has 2 rings (SSSR count). The molecule has 27 heavy (non-hydrogen) atoms. The summed E-state index contributed by atoms with van der Waals surface area (Å²) in [6.07, 6.45) is 0. The van der Waals surface area contributed by atoms with Gasteiger partial charge in [-0.2, -0.15) is 0 Å². The number of rotatable bonds is 10. The zero-order chi connectivity index (χ0) is 19.7. The summed E-state index contributed by atoms with van der Waals surface area (Å²) in [6, 6.07) is 12.8. The van der Waals surface area contributed by atoms with Crippen molar-refractivity contribution in [1.29, 1.82) is 0 Å². The van der Waals surface area contributed by atoms with Crippen LogP contribution in [0.5, 0.6) is 11.5 Å². The van der Waals surface area contributed by atoms with Crippen molar-refractivity contribution < 1.29 is 22.7 Å². The first-order valence-electron chi connectivity index (χ1n) is 8.40. The van der Waals surface area contributed by atoms with E-state index in [0.29, 0.717) is 18.0 Å². The van der Waals surface area contributed by atoms with E-state index in [1.54, 1.807) is 36.4 Å². The molecule has 0 aromatic heterocycles. The van der Waals surface area contributed by atoms with Crippen LogP contribution in [0.4, 0.5) is 5.69 Å². The van der Waals surface area contributed by atoms with E-state index in [1.807, 2.05) is 6.92 Å². The number of sulfonamides is 1. The molecular formula is C18H23N3O5S. The Hall–Kier alpha value is -2.62. The van der Waals surface area contributed by atoms with Gasteiger partial charge < -0.3 is 20.5 Å². The lowest BCUT2D eigenvalue weighted by Crippen LogP contribution is -2.29. The third-order valence-electron chi connectivity index (χ3n) is 3.37. The van der Waals surface area contributed by atoms with Crippen molar-refractivity contribution in [3.05, 3.63) is 48.5 Å². The first-order valence-corrected chi connectivity index (χ1v) is 9.88. The number of anilines is 1. The third kappa shape index (κ3) is 6.55. The van der Waals surface area contributed by atoms with Gasteiger partial charge in [0.15, 0.2) is 6.61 Å². The van der Waals surface area contributed by atoms with Crippen LogP contribution in [0.3, 0.4) is 0 Å². The number of ether oxygens (including phenoxy) is 2. The molecule has 1 amide bonds. The van der Waals surface area contributed by atoms with E-state index in [9.17, 15) is 13.2 Å². The highest BCUT2D eigenvalue weighted by atomic mass is 32.2. The van der Waals surface area contributed by atoms with E-state index in [1.165, 1.54) is 12.1 Å². The molecule has 0 saturated carbocycles. The van der Waals surface area contributed by atoms with Crippen molar-refractivity contribution in [2.24, 2.45) is 5.73 Å². The monoisotopic (exact) mass is 393 g/mol. The number of benzene rings is 2. The van der Waals surface area contributed by atoms with Gasteiger partial charge in [-0.25, -0.2) is 13.1 Å². The summed E-state index contributed by atoms with van der Waals surface area (Å²) in [7, 11) is -3.67. The molecule has 0 atom stereocenters. The van der Waals surface area contributed by atoms with E-state index in [4.69, 9.17) is 15.2 Å². The molecule has 146 valence electrons. The molecule has 9 heteroatoms. The Kier molecular flexibility index (Phi) is 7.59. The molecular weight excluding hydrogens is 370 g/mol. The number of hydrogen-bond donors (Lipinski definition) is 3. The summed E-state index contributed by atoms with van der Waals surface area (Å²) < 4.78 is 37.3. The molecule has 8 nitrogen and oxygen atoms in total. The largest absolute Gasteiger partial charge is 0.494 e. The van der Waals surface area contributed by atoms with Crippen LogP contribution in [-0.2, 0) is 14.8 Å². The highest BCUT2D eigenvalue weighted by Crippen LogP contribution is 2.18. The Morgan fingerprint density at radius 1 is 1.07 bits per heavy atom. The molecule has 0 aliphatic heterocycles. The fourth-order valence-corrected chi connectivity index (χ4v) is 3.26. The van der Waals surface area contributed by atoms with E-state index < -0.39 is 15.9 Å². The molecule has 0 aliphatic carbocycles. The van der Waals surface area contributed by atoms with Gasteiger partial charge in [0.25, 0.3) is 5.91 Å². The molecule has 0 fully saturated rings. The van der Waals surface area contributed by atoms with Gasteiger partial charge in [0.2, 0.25) is 10.0 Å². The summed E-state index contributed by atoms with van der Waals surface area (Å²) in [6.45, 7) is 2.58. The predicted octanol–water partition coefficient (Wildman–Crippen LogP) is 1.34. The quantitative estimate of drug-likeness (QED) is 0.560. The Morgan fingerprint density at radius 2 is 1.74 bits per heavy atom. The standard InChI is InChI=1S/C18H23N3O5S/c1-2-25-15-6-8-16(9-7-15)26-13-18(22)21-14-4-3-5-17(12-14)27(23,24)20-11-10-19/h3-9,12,20H,2,10-11,13,19H2,1H3,(H,21,22). The zero-order valence-corrected chi connectivity index (χ0v) is 15.8.